The molecule has 1 unspecified atom stereocenters. The minimum absolute atomic E-state index is 0.0114. The summed E-state index contributed by atoms with van der Waals surface area (Å²) in [6, 6.07) is 30.6. The van der Waals surface area contributed by atoms with E-state index in [2.05, 4.69) is 58.4 Å². The largest absolute Gasteiger partial charge is 0.488 e. The van der Waals surface area contributed by atoms with Gasteiger partial charge in [0.15, 0.2) is 17.9 Å². The molecule has 3 aromatic carbocycles. The van der Waals surface area contributed by atoms with Crippen LogP contribution >= 0.6 is 0 Å². The predicted octanol–water partition coefficient (Wildman–Crippen LogP) is 4.99. The molecule has 0 aliphatic carbocycles. The van der Waals surface area contributed by atoms with E-state index in [1.807, 2.05) is 53.2 Å². The van der Waals surface area contributed by atoms with Gasteiger partial charge in [-0.3, -0.25) is 4.79 Å². The van der Waals surface area contributed by atoms with Crippen LogP contribution in [0.3, 0.4) is 0 Å². The molecule has 2 atom stereocenters. The standard InChI is InChI=1S/C31H27N3O3/c35-20-25-18-32-31-29-30(37-21-22-10-4-1-5-11-22)27(36)16-17-33(29)26(19-34(25)31)28(23-12-6-2-7-13-23)24-14-8-3-9-15-24/h1-18,20,26-28,36H,19,21H2/t26-,27?/m1/s1. The molecule has 0 saturated carbocycles. The van der Waals surface area contributed by atoms with Crippen molar-refractivity contribution in [2.24, 2.45) is 0 Å². The van der Waals surface area contributed by atoms with Crippen molar-refractivity contribution in [3.63, 3.8) is 0 Å². The van der Waals surface area contributed by atoms with Gasteiger partial charge in [-0.1, -0.05) is 91.0 Å². The van der Waals surface area contributed by atoms with Crippen molar-refractivity contribution in [1.82, 2.24) is 14.5 Å². The quantitative estimate of drug-likeness (QED) is 0.371. The zero-order chi connectivity index (χ0) is 25.2. The van der Waals surface area contributed by atoms with Crippen LogP contribution in [0.5, 0.6) is 0 Å². The second-order valence-electron chi connectivity index (χ2n) is 9.28. The number of hydrogen-bond acceptors (Lipinski definition) is 5. The van der Waals surface area contributed by atoms with E-state index in [4.69, 9.17) is 4.74 Å². The van der Waals surface area contributed by atoms with Gasteiger partial charge < -0.3 is 19.3 Å². The zero-order valence-electron chi connectivity index (χ0n) is 20.2. The molecule has 184 valence electrons. The SMILES string of the molecule is O=Cc1cnc2n1C[C@H](C(c1ccccc1)c1ccccc1)N1C=CC(O)C(OCc3ccccc3)=C21. The van der Waals surface area contributed by atoms with Crippen LogP contribution in [-0.4, -0.2) is 38.0 Å². The van der Waals surface area contributed by atoms with Gasteiger partial charge in [0.2, 0.25) is 0 Å². The van der Waals surface area contributed by atoms with E-state index in [-0.39, 0.29) is 12.0 Å². The topological polar surface area (TPSA) is 67.6 Å². The van der Waals surface area contributed by atoms with Crippen molar-refractivity contribution in [2.75, 3.05) is 0 Å². The van der Waals surface area contributed by atoms with Crippen molar-refractivity contribution in [3.05, 3.63) is 143 Å². The lowest BCUT2D eigenvalue weighted by atomic mass is 9.82. The smallest absolute Gasteiger partial charge is 0.168 e. The summed E-state index contributed by atoms with van der Waals surface area (Å²) in [5.41, 5.74) is 4.52. The van der Waals surface area contributed by atoms with Crippen LogP contribution < -0.4 is 0 Å². The summed E-state index contributed by atoms with van der Waals surface area (Å²) < 4.78 is 8.23. The van der Waals surface area contributed by atoms with E-state index in [0.717, 1.165) is 11.8 Å². The van der Waals surface area contributed by atoms with Gasteiger partial charge in [-0.2, -0.15) is 0 Å². The second-order valence-corrected chi connectivity index (χ2v) is 9.28. The summed E-state index contributed by atoms with van der Waals surface area (Å²) in [6.07, 6.45) is 5.19. The van der Waals surface area contributed by atoms with Crippen molar-refractivity contribution < 1.29 is 14.6 Å². The Morgan fingerprint density at radius 1 is 0.946 bits per heavy atom. The Balaban J connectivity index is 1.50. The van der Waals surface area contributed by atoms with E-state index in [0.29, 0.717) is 36.1 Å². The Kier molecular flexibility index (Phi) is 6.16. The van der Waals surface area contributed by atoms with Crippen LogP contribution in [0.4, 0.5) is 0 Å². The fourth-order valence-electron chi connectivity index (χ4n) is 5.36. The summed E-state index contributed by atoms with van der Waals surface area (Å²) in [5.74, 6) is 1.03. The van der Waals surface area contributed by atoms with E-state index in [1.165, 1.54) is 11.1 Å². The van der Waals surface area contributed by atoms with E-state index in [1.54, 1.807) is 12.3 Å². The average Bonchev–Trinajstić information content (AvgIpc) is 3.37. The van der Waals surface area contributed by atoms with Gasteiger partial charge in [0.1, 0.15) is 24.1 Å². The number of ether oxygens (including phenoxy) is 1. The number of imidazole rings is 1. The number of carbonyl (C=O) groups is 1. The average molecular weight is 490 g/mol. The molecule has 0 amide bonds. The van der Waals surface area contributed by atoms with Crippen LogP contribution in [0.15, 0.2) is 115 Å². The van der Waals surface area contributed by atoms with Gasteiger partial charge in [-0.15, -0.1) is 0 Å². The minimum Gasteiger partial charge on any atom is -0.488 e. The van der Waals surface area contributed by atoms with Gasteiger partial charge in [0, 0.05) is 18.7 Å². The van der Waals surface area contributed by atoms with Gasteiger partial charge >= 0.3 is 0 Å². The summed E-state index contributed by atoms with van der Waals surface area (Å²) in [4.78, 5) is 18.7. The van der Waals surface area contributed by atoms with Crippen molar-refractivity contribution in [3.8, 4) is 0 Å². The van der Waals surface area contributed by atoms with Crippen LogP contribution in [0.25, 0.3) is 5.70 Å². The molecule has 1 aromatic heterocycles. The first-order valence-corrected chi connectivity index (χ1v) is 12.4. The first kappa shape index (κ1) is 23.0. The Morgan fingerprint density at radius 2 is 1.57 bits per heavy atom. The lowest BCUT2D eigenvalue weighted by molar-refractivity contribution is 0.106. The van der Waals surface area contributed by atoms with E-state index >= 15 is 0 Å². The molecule has 0 spiro atoms. The number of aromatic nitrogens is 2. The minimum atomic E-state index is -0.926. The van der Waals surface area contributed by atoms with E-state index < -0.39 is 6.10 Å². The number of rotatable bonds is 7. The van der Waals surface area contributed by atoms with Crippen LogP contribution in [0, 0.1) is 0 Å². The van der Waals surface area contributed by atoms with Crippen LogP contribution in [-0.2, 0) is 17.9 Å². The third-order valence-corrected chi connectivity index (χ3v) is 7.07. The Morgan fingerprint density at radius 3 is 2.19 bits per heavy atom. The monoisotopic (exact) mass is 489 g/mol. The summed E-state index contributed by atoms with van der Waals surface area (Å²) in [6.45, 7) is 0.860. The fraction of sp³-hybridized carbons (Fsp3) is 0.161. The number of nitrogens with zero attached hydrogens (tertiary/aromatic N) is 3. The normalized spacial score (nSPS) is 18.5. The Bertz CT molecular complexity index is 1410. The molecule has 37 heavy (non-hydrogen) atoms. The first-order valence-electron chi connectivity index (χ1n) is 12.4. The molecule has 6 heteroatoms. The number of fused-ring (bicyclic) bond motifs is 3. The summed E-state index contributed by atoms with van der Waals surface area (Å²) >= 11 is 0. The summed E-state index contributed by atoms with van der Waals surface area (Å²) in [5, 5.41) is 11.0. The highest BCUT2D eigenvalue weighted by Gasteiger charge is 2.41. The fourth-order valence-corrected chi connectivity index (χ4v) is 5.36. The molecule has 0 bridgehead atoms. The van der Waals surface area contributed by atoms with Gasteiger partial charge in [-0.25, -0.2) is 4.98 Å². The molecule has 2 aliphatic rings. The third kappa shape index (κ3) is 4.26. The molecule has 0 saturated heterocycles. The molecule has 3 heterocycles. The van der Waals surface area contributed by atoms with Crippen molar-refractivity contribution in [1.29, 1.82) is 0 Å². The molecule has 1 N–H and O–H groups in total. The number of aldehydes is 1. The number of aliphatic hydroxyl groups is 1. The number of aliphatic hydroxyl groups excluding tert-OH is 1. The highest BCUT2D eigenvalue weighted by atomic mass is 16.5. The van der Waals surface area contributed by atoms with Crippen LogP contribution in [0.2, 0.25) is 0 Å². The van der Waals surface area contributed by atoms with Crippen LogP contribution in [0.1, 0.15) is 38.9 Å². The highest BCUT2D eigenvalue weighted by molar-refractivity contribution is 5.75. The van der Waals surface area contributed by atoms with Gasteiger partial charge in [-0.05, 0) is 22.8 Å². The highest BCUT2D eigenvalue weighted by Crippen LogP contribution is 2.42. The molecule has 0 radical (unpaired) electrons. The third-order valence-electron chi connectivity index (χ3n) is 7.07. The molecular formula is C31H27N3O3. The molecule has 0 fully saturated rings. The Hall–Kier alpha value is -4.42. The lowest BCUT2D eigenvalue weighted by Crippen LogP contribution is -2.46. The maximum atomic E-state index is 12.0. The first-order chi connectivity index (χ1) is 18.2. The van der Waals surface area contributed by atoms with Gasteiger partial charge in [0.25, 0.3) is 0 Å². The zero-order valence-corrected chi connectivity index (χ0v) is 20.2. The van der Waals surface area contributed by atoms with Gasteiger partial charge in [0.05, 0.1) is 12.2 Å². The van der Waals surface area contributed by atoms with E-state index in [9.17, 15) is 9.90 Å². The van der Waals surface area contributed by atoms with Crippen molar-refractivity contribution >= 4 is 12.0 Å². The number of benzene rings is 3. The lowest BCUT2D eigenvalue weighted by Gasteiger charge is -2.44. The summed E-state index contributed by atoms with van der Waals surface area (Å²) in [7, 11) is 0. The molecule has 4 aromatic rings. The number of carbonyl (C=O) groups excluding carboxylic acids is 1. The second kappa shape index (κ2) is 9.91. The maximum absolute atomic E-state index is 12.0. The molecule has 6 nitrogen and oxygen atoms in total. The molecule has 6 rings (SSSR count). The van der Waals surface area contributed by atoms with Crippen molar-refractivity contribution in [2.45, 2.75) is 31.2 Å². The molecular weight excluding hydrogens is 462 g/mol. The number of hydrogen-bond donors (Lipinski definition) is 1. The predicted molar refractivity (Wildman–Crippen MR) is 141 cm³/mol. The maximum Gasteiger partial charge on any atom is 0.168 e. The Labute approximate surface area is 215 Å². The molecule has 2 aliphatic heterocycles.